The van der Waals surface area contributed by atoms with Crippen molar-refractivity contribution in [2.75, 3.05) is 37.5 Å². The van der Waals surface area contributed by atoms with Crippen LogP contribution >= 0.6 is 24.4 Å². The first-order valence-electron chi connectivity index (χ1n) is 35.1. The molecule has 1 saturated heterocycles. The molecular weight excluding hydrogens is 1490 g/mol. The quantitative estimate of drug-likeness (QED) is 0.0217. The molecular formula is C67H100N16O25S2. The minimum atomic E-state index is -1.89. The molecule has 0 aliphatic carbocycles. The number of imidazole rings is 1. The van der Waals surface area contributed by atoms with Crippen molar-refractivity contribution in [1.82, 2.24) is 78.7 Å². The number of phenolic OH excluding ortho intramolecular Hbond substituents is 1. The van der Waals surface area contributed by atoms with Gasteiger partial charge in [0, 0.05) is 63.2 Å². The predicted octanol–water partition coefficient (Wildman–Crippen LogP) is -5.25. The summed E-state index contributed by atoms with van der Waals surface area (Å²) in [5.41, 5.74) is 6.35. The zero-order valence-corrected chi connectivity index (χ0v) is 62.9. The number of carbonyl (C=O) groups excluding carboxylic acids is 13. The first-order chi connectivity index (χ1) is 51.9. The number of aromatic hydroxyl groups is 1. The molecule has 1 fully saturated rings. The Morgan fingerprint density at radius 2 is 1.00 bits per heavy atom. The summed E-state index contributed by atoms with van der Waals surface area (Å²) in [5, 5.41) is 96.5. The molecule has 2 heterocycles. The van der Waals surface area contributed by atoms with Crippen molar-refractivity contribution < 1.29 is 122 Å². The molecule has 1 aromatic carbocycles. The Morgan fingerprint density at radius 3 is 1.45 bits per heavy atom. The maximum Gasteiger partial charge on any atom is 0.326 e. The standard InChI is InChI=1S/C67H100N16O25S2/c1-33(2)25-47(66(106)83-23-8-10-50(83)65(105)79-44(26-36-11-13-38(86)14-12-36)60(100)77-43(67(107)108)9-6-7-22-68)80-61(101)45(27-37-29-69-32-70-37)78-63(103)48(30-84)81-55(95)34(3)71-64(104)49(31-109)82-58(98)41(17-20-53(91)92)73-56(96)39(15-18-51(87)88)74-59(99)42(21-24-110-5)76-57(97)40(16-19-52(89)90)75-62(102)46(28-54(93)94)72-35(4)85/h11-14,29,32-34,39-50,84,86,109H,6-10,15-28,30-31,68H2,1-5H3,(H,69,70)(H,71,104)(H,72,85)(H,73,96)(H,74,99)(H,75,102)(H,76,97)(H,77,100)(H,78,103)(H,79,105)(H,80,101)(H,81,95)(H,82,98)(H,87,88)(H,89,90)(H,91,92)(H,93,94)(H,107,108)/t34-,39-,40-,41-,42-,43-,44-,45-,46-,47-,48-,49-,50-/m0/s1. The number of aromatic nitrogens is 2. The summed E-state index contributed by atoms with van der Waals surface area (Å²) < 4.78 is 0. The first kappa shape index (κ1) is 93.5. The van der Waals surface area contributed by atoms with Gasteiger partial charge in [-0.25, -0.2) is 9.78 Å². The van der Waals surface area contributed by atoms with Crippen molar-refractivity contribution in [3.8, 4) is 5.75 Å². The number of nitrogens with zero attached hydrogens (tertiary/aromatic N) is 2. The summed E-state index contributed by atoms with van der Waals surface area (Å²) in [4.78, 5) is 247. The van der Waals surface area contributed by atoms with Crippen LogP contribution in [0, 0.1) is 5.92 Å². The lowest BCUT2D eigenvalue weighted by atomic mass is 10.0. The van der Waals surface area contributed by atoms with Crippen LogP contribution in [0.4, 0.5) is 0 Å². The Balaban J connectivity index is 1.83. The summed E-state index contributed by atoms with van der Waals surface area (Å²) in [6.07, 6.45) is -0.681. The number of unbranched alkanes of at least 4 members (excludes halogenated alkanes) is 1. The van der Waals surface area contributed by atoms with Crippen LogP contribution in [0.2, 0.25) is 0 Å². The second-order valence-electron chi connectivity index (χ2n) is 26.2. The van der Waals surface area contributed by atoms with Gasteiger partial charge in [0.25, 0.3) is 0 Å². The van der Waals surface area contributed by atoms with Crippen molar-refractivity contribution >= 4 is 131 Å². The van der Waals surface area contributed by atoms with Crippen molar-refractivity contribution in [2.45, 2.75) is 209 Å². The van der Waals surface area contributed by atoms with Gasteiger partial charge in [-0.1, -0.05) is 26.0 Å². The van der Waals surface area contributed by atoms with E-state index >= 15 is 0 Å². The number of hydrogen-bond donors (Lipinski definition) is 22. The number of H-pyrrole nitrogens is 1. The molecule has 1 aromatic heterocycles. The van der Waals surface area contributed by atoms with Crippen molar-refractivity contribution in [1.29, 1.82) is 0 Å². The molecule has 13 amide bonds. The van der Waals surface area contributed by atoms with Crippen LogP contribution in [0.25, 0.3) is 0 Å². The predicted molar refractivity (Wildman–Crippen MR) is 390 cm³/mol. The molecule has 0 saturated carbocycles. The number of likely N-dealkylation sites (tertiary alicyclic amines) is 1. The summed E-state index contributed by atoms with van der Waals surface area (Å²) in [6.45, 7) is 4.76. The number of nitrogens with two attached hydrogens (primary N) is 1. The number of thiol groups is 1. The number of aromatic amines is 1. The summed E-state index contributed by atoms with van der Waals surface area (Å²) in [5.74, 6) is -21.9. The van der Waals surface area contributed by atoms with Crippen molar-refractivity contribution in [2.24, 2.45) is 11.7 Å². The average Bonchev–Trinajstić information content (AvgIpc) is 1.61. The number of carboxylic acid groups (broad SMARTS) is 5. The third-order valence-corrected chi connectivity index (χ3v) is 17.9. The van der Waals surface area contributed by atoms with Gasteiger partial charge >= 0.3 is 29.8 Å². The molecule has 43 heteroatoms. The Labute approximate surface area is 641 Å². The number of nitrogens with one attached hydrogen (secondary N) is 13. The number of rotatable bonds is 51. The molecule has 2 aromatic rings. The largest absolute Gasteiger partial charge is 0.508 e. The molecule has 610 valence electrons. The number of benzene rings is 1. The highest BCUT2D eigenvalue weighted by molar-refractivity contribution is 7.98. The van der Waals surface area contributed by atoms with Crippen LogP contribution in [0.15, 0.2) is 36.8 Å². The van der Waals surface area contributed by atoms with Gasteiger partial charge in [0.05, 0.1) is 19.4 Å². The van der Waals surface area contributed by atoms with E-state index in [9.17, 15) is 122 Å². The molecule has 1 aliphatic heterocycles. The number of aliphatic hydroxyl groups excluding tert-OH is 1. The molecule has 0 radical (unpaired) electrons. The second-order valence-corrected chi connectivity index (χ2v) is 27.6. The van der Waals surface area contributed by atoms with Gasteiger partial charge in [0.15, 0.2) is 0 Å². The van der Waals surface area contributed by atoms with E-state index in [1.165, 1.54) is 41.7 Å². The lowest BCUT2D eigenvalue weighted by molar-refractivity contribution is -0.144. The topological polar surface area (TPSA) is 651 Å². The molecule has 41 nitrogen and oxygen atoms in total. The van der Waals surface area contributed by atoms with Crippen molar-refractivity contribution in [3.63, 3.8) is 0 Å². The van der Waals surface area contributed by atoms with E-state index in [1.54, 1.807) is 20.1 Å². The van der Waals surface area contributed by atoms with Gasteiger partial charge < -0.3 is 115 Å². The van der Waals surface area contributed by atoms with Gasteiger partial charge in [-0.2, -0.15) is 24.4 Å². The highest BCUT2D eigenvalue weighted by Gasteiger charge is 2.42. The van der Waals surface area contributed by atoms with E-state index in [-0.39, 0.29) is 74.7 Å². The van der Waals surface area contributed by atoms with Crippen LogP contribution in [0.3, 0.4) is 0 Å². The molecule has 0 unspecified atom stereocenters. The van der Waals surface area contributed by atoms with Gasteiger partial charge in [0.2, 0.25) is 76.8 Å². The monoisotopic (exact) mass is 1590 g/mol. The van der Waals surface area contributed by atoms with Crippen LogP contribution in [0.1, 0.15) is 129 Å². The fraction of sp³-hybridized carbons (Fsp3) is 0.597. The molecule has 0 spiro atoms. The highest BCUT2D eigenvalue weighted by atomic mass is 32.2. The van der Waals surface area contributed by atoms with Gasteiger partial charge in [-0.15, -0.1) is 0 Å². The highest BCUT2D eigenvalue weighted by Crippen LogP contribution is 2.22. The van der Waals surface area contributed by atoms with E-state index in [2.05, 4.69) is 86.4 Å². The Morgan fingerprint density at radius 1 is 0.545 bits per heavy atom. The van der Waals surface area contributed by atoms with E-state index in [4.69, 9.17) is 5.73 Å². The Bertz CT molecular complexity index is 3520. The fourth-order valence-corrected chi connectivity index (χ4v) is 11.8. The molecule has 13 atom stereocenters. The number of carbonyl (C=O) groups is 18. The van der Waals surface area contributed by atoms with Gasteiger partial charge in [-0.05, 0) is 113 Å². The van der Waals surface area contributed by atoms with Gasteiger partial charge in [-0.3, -0.25) is 81.5 Å². The number of phenols is 1. The number of carboxylic acids is 5. The first-order valence-corrected chi connectivity index (χ1v) is 37.1. The maximum atomic E-state index is 14.7. The van der Waals surface area contributed by atoms with Crippen LogP contribution in [-0.2, 0) is 99.1 Å². The maximum absolute atomic E-state index is 14.7. The fourth-order valence-electron chi connectivity index (χ4n) is 11.1. The SMILES string of the molecule is CSCC[C@H](NC(=O)[C@H](CCC(=O)O)NC(=O)[C@H](CC(=O)O)NC(C)=O)C(=O)N[C@@H](CCC(=O)O)C(=O)N[C@@H](CCC(=O)O)C(=O)N[C@@H](CS)C(=O)N[C@@H](C)C(=O)N[C@@H](CO)C(=O)N[C@@H](Cc1cnc[nH]1)C(=O)N[C@@H](CC(C)C)C(=O)N1CCC[C@H]1C(=O)N[C@@H](Cc1ccc(O)cc1)C(=O)N[C@@H](CCCCN)C(=O)O. The lowest BCUT2D eigenvalue weighted by Crippen LogP contribution is -2.61. The van der Waals surface area contributed by atoms with Gasteiger partial charge in [0.1, 0.15) is 84.3 Å². The smallest absolute Gasteiger partial charge is 0.326 e. The molecule has 3 rings (SSSR count). The molecule has 1 aliphatic rings. The summed E-state index contributed by atoms with van der Waals surface area (Å²) in [7, 11) is 0. The number of amides is 13. The summed E-state index contributed by atoms with van der Waals surface area (Å²) >= 11 is 5.30. The normalized spacial score (nSPS) is 15.7. The average molecular weight is 1590 g/mol. The molecule has 110 heavy (non-hydrogen) atoms. The molecule has 0 bridgehead atoms. The van der Waals surface area contributed by atoms with E-state index < -0.39 is 242 Å². The number of aliphatic carboxylic acids is 5. The van der Waals surface area contributed by atoms with E-state index in [0.29, 0.717) is 24.8 Å². The Kier molecular flexibility index (Phi) is 40.8. The number of hydrogen-bond acceptors (Lipinski definition) is 24. The minimum absolute atomic E-state index is 0.0165. The van der Waals surface area contributed by atoms with Crippen LogP contribution < -0.4 is 69.5 Å². The number of thioether (sulfide) groups is 1. The Hall–Kier alpha value is -10.7. The zero-order chi connectivity index (χ0) is 82.5. The zero-order valence-electron chi connectivity index (χ0n) is 61.2. The van der Waals surface area contributed by atoms with Crippen molar-refractivity contribution in [3.05, 3.63) is 48.0 Å². The minimum Gasteiger partial charge on any atom is -0.508 e. The van der Waals surface area contributed by atoms with Crippen LogP contribution in [0.5, 0.6) is 5.75 Å². The molecule has 22 N–H and O–H groups in total. The van der Waals surface area contributed by atoms with Crippen LogP contribution in [-0.4, -0.2) is 273 Å². The number of aliphatic hydroxyl groups is 1. The summed E-state index contributed by atoms with van der Waals surface area (Å²) in [6, 6.07) is -15.3. The third-order valence-electron chi connectivity index (χ3n) is 16.9. The van der Waals surface area contributed by atoms with E-state index in [0.717, 1.165) is 25.6 Å². The van der Waals surface area contributed by atoms with E-state index in [1.807, 2.05) is 0 Å². The second kappa shape index (κ2) is 48.0. The lowest BCUT2D eigenvalue weighted by Gasteiger charge is -2.31. The third kappa shape index (κ3) is 33.4.